The van der Waals surface area contributed by atoms with E-state index in [4.69, 9.17) is 18.9 Å². The minimum absolute atomic E-state index is 0.158. The van der Waals surface area contributed by atoms with Crippen LogP contribution >= 0.6 is 0 Å². The zero-order valence-electron chi connectivity index (χ0n) is 15.2. The molecule has 0 saturated carbocycles. The molecule has 4 heteroatoms. The molecular weight excluding hydrogens is 316 g/mol. The number of aryl methyl sites for hydroxylation is 2. The fourth-order valence-electron chi connectivity index (χ4n) is 3.70. The number of hydrogen-bond donors (Lipinski definition) is 0. The average Bonchev–Trinajstić information content (AvgIpc) is 2.86. The van der Waals surface area contributed by atoms with Crippen molar-refractivity contribution >= 4 is 0 Å². The van der Waals surface area contributed by atoms with E-state index in [2.05, 4.69) is 26.0 Å². The zero-order chi connectivity index (χ0) is 17.6. The van der Waals surface area contributed by atoms with Crippen LogP contribution < -0.4 is 9.47 Å². The molecule has 2 aromatic rings. The van der Waals surface area contributed by atoms with E-state index in [1.54, 1.807) is 0 Å². The molecule has 4 nitrogen and oxygen atoms in total. The zero-order valence-corrected chi connectivity index (χ0v) is 15.2. The summed E-state index contributed by atoms with van der Waals surface area (Å²) < 4.78 is 24.4. The summed E-state index contributed by atoms with van der Waals surface area (Å²) in [7, 11) is 0. The van der Waals surface area contributed by atoms with Crippen LogP contribution in [0.2, 0.25) is 0 Å². The van der Waals surface area contributed by atoms with Crippen LogP contribution in [-0.2, 0) is 9.47 Å². The first-order valence-electron chi connectivity index (χ1n) is 8.75. The van der Waals surface area contributed by atoms with Gasteiger partial charge in [-0.05, 0) is 51.0 Å². The van der Waals surface area contributed by atoms with Crippen LogP contribution in [0.4, 0.5) is 0 Å². The number of hydrogen-bond acceptors (Lipinski definition) is 4. The second-order valence-electron chi connectivity index (χ2n) is 7.23. The fourth-order valence-corrected chi connectivity index (χ4v) is 3.70. The molecule has 25 heavy (non-hydrogen) atoms. The summed E-state index contributed by atoms with van der Waals surface area (Å²) in [5, 5.41) is 0. The van der Waals surface area contributed by atoms with Crippen LogP contribution in [0.15, 0.2) is 36.4 Å². The van der Waals surface area contributed by atoms with Crippen molar-refractivity contribution in [2.75, 3.05) is 13.2 Å². The quantitative estimate of drug-likeness (QED) is 0.718. The third kappa shape index (κ3) is 3.00. The SMILES string of the molecule is Cc1cccc2c1-c1c(C)cccc1OC[C@H]1OC(C)(C)O[C@@H]1CO2. The lowest BCUT2D eigenvalue weighted by molar-refractivity contribution is -0.150. The second-order valence-corrected chi connectivity index (χ2v) is 7.23. The molecule has 0 spiro atoms. The fraction of sp³-hybridized carbons (Fsp3) is 0.429. The van der Waals surface area contributed by atoms with E-state index in [9.17, 15) is 0 Å². The number of benzene rings is 2. The Morgan fingerprint density at radius 3 is 1.64 bits per heavy atom. The Balaban J connectivity index is 1.83. The Labute approximate surface area is 148 Å². The van der Waals surface area contributed by atoms with Crippen LogP contribution in [0, 0.1) is 13.8 Å². The van der Waals surface area contributed by atoms with Gasteiger partial charge < -0.3 is 18.9 Å². The van der Waals surface area contributed by atoms with Gasteiger partial charge in [0.2, 0.25) is 0 Å². The molecule has 2 atom stereocenters. The Bertz CT molecular complexity index is 731. The summed E-state index contributed by atoms with van der Waals surface area (Å²) >= 11 is 0. The minimum Gasteiger partial charge on any atom is -0.490 e. The lowest BCUT2D eigenvalue weighted by Gasteiger charge is -2.24. The molecule has 0 bridgehead atoms. The van der Waals surface area contributed by atoms with E-state index >= 15 is 0 Å². The van der Waals surface area contributed by atoms with E-state index in [0.717, 1.165) is 33.8 Å². The van der Waals surface area contributed by atoms with Gasteiger partial charge in [0, 0.05) is 11.1 Å². The first-order valence-corrected chi connectivity index (χ1v) is 8.75. The lowest BCUT2D eigenvalue weighted by atomic mass is 9.94. The molecule has 132 valence electrons. The standard InChI is InChI=1S/C21H24O4/c1-13-7-5-9-15-19(13)20-14(2)8-6-10-16(20)23-12-18-17(11-22-15)24-21(3,4)25-18/h5-10,17-18H,11-12H2,1-4H3/t17-,18-/m1/s1. The van der Waals surface area contributed by atoms with Crippen molar-refractivity contribution in [2.24, 2.45) is 0 Å². The molecular formula is C21H24O4. The summed E-state index contributed by atoms with van der Waals surface area (Å²) in [5.41, 5.74) is 4.51. The predicted molar refractivity (Wildman–Crippen MR) is 96.2 cm³/mol. The van der Waals surface area contributed by atoms with Crippen LogP contribution in [0.25, 0.3) is 11.1 Å². The molecule has 0 aromatic heterocycles. The summed E-state index contributed by atoms with van der Waals surface area (Å²) in [6.07, 6.45) is -0.315. The van der Waals surface area contributed by atoms with Crippen molar-refractivity contribution in [2.45, 2.75) is 45.7 Å². The largest absolute Gasteiger partial charge is 0.490 e. The highest BCUT2D eigenvalue weighted by Gasteiger charge is 2.42. The molecule has 4 rings (SSSR count). The topological polar surface area (TPSA) is 36.9 Å². The van der Waals surface area contributed by atoms with Crippen molar-refractivity contribution in [1.82, 2.24) is 0 Å². The average molecular weight is 340 g/mol. The Morgan fingerprint density at radius 1 is 0.760 bits per heavy atom. The molecule has 2 aliphatic heterocycles. The summed E-state index contributed by atoms with van der Waals surface area (Å²) in [5.74, 6) is 1.09. The molecule has 0 radical (unpaired) electrons. The van der Waals surface area contributed by atoms with Crippen molar-refractivity contribution in [1.29, 1.82) is 0 Å². The van der Waals surface area contributed by atoms with Gasteiger partial charge in [-0.15, -0.1) is 0 Å². The van der Waals surface area contributed by atoms with Crippen LogP contribution in [0.1, 0.15) is 25.0 Å². The van der Waals surface area contributed by atoms with E-state index in [1.165, 1.54) is 0 Å². The molecule has 0 aliphatic carbocycles. The van der Waals surface area contributed by atoms with E-state index < -0.39 is 5.79 Å². The highest BCUT2D eigenvalue weighted by molar-refractivity contribution is 5.81. The van der Waals surface area contributed by atoms with Gasteiger partial charge in [-0.3, -0.25) is 0 Å². The van der Waals surface area contributed by atoms with Crippen LogP contribution in [0.5, 0.6) is 11.5 Å². The summed E-state index contributed by atoms with van der Waals surface area (Å²) in [4.78, 5) is 0. The normalized spacial score (nSPS) is 24.3. The maximum absolute atomic E-state index is 6.20. The van der Waals surface area contributed by atoms with Gasteiger partial charge in [0.05, 0.1) is 0 Å². The Hall–Kier alpha value is -2.04. The van der Waals surface area contributed by atoms with Crippen LogP contribution in [0.3, 0.4) is 0 Å². The van der Waals surface area contributed by atoms with E-state index in [0.29, 0.717) is 13.2 Å². The van der Waals surface area contributed by atoms with Crippen molar-refractivity contribution in [3.05, 3.63) is 47.5 Å². The highest BCUT2D eigenvalue weighted by Crippen LogP contribution is 2.42. The van der Waals surface area contributed by atoms with Crippen LogP contribution in [-0.4, -0.2) is 31.2 Å². The van der Waals surface area contributed by atoms with E-state index in [1.807, 2.05) is 38.1 Å². The third-order valence-corrected chi connectivity index (χ3v) is 4.81. The monoisotopic (exact) mass is 340 g/mol. The number of ether oxygens (including phenoxy) is 4. The third-order valence-electron chi connectivity index (χ3n) is 4.81. The number of fused-ring (bicyclic) bond motifs is 4. The molecule has 0 amide bonds. The van der Waals surface area contributed by atoms with Crippen molar-refractivity contribution in [3.8, 4) is 22.6 Å². The first kappa shape index (κ1) is 16.4. The van der Waals surface area contributed by atoms with Gasteiger partial charge in [0.25, 0.3) is 0 Å². The predicted octanol–water partition coefficient (Wildman–Crippen LogP) is 4.26. The van der Waals surface area contributed by atoms with Gasteiger partial charge in [-0.25, -0.2) is 0 Å². The highest BCUT2D eigenvalue weighted by atomic mass is 16.8. The maximum atomic E-state index is 6.20. The molecule has 2 aromatic carbocycles. The van der Waals surface area contributed by atoms with Gasteiger partial charge in [-0.2, -0.15) is 0 Å². The maximum Gasteiger partial charge on any atom is 0.164 e. The van der Waals surface area contributed by atoms with Gasteiger partial charge in [0.15, 0.2) is 5.79 Å². The van der Waals surface area contributed by atoms with Gasteiger partial charge in [-0.1, -0.05) is 24.3 Å². The van der Waals surface area contributed by atoms with Gasteiger partial charge in [0.1, 0.15) is 36.9 Å². The second kappa shape index (κ2) is 6.04. The molecule has 0 unspecified atom stereocenters. The summed E-state index contributed by atoms with van der Waals surface area (Å²) in [6, 6.07) is 12.3. The Morgan fingerprint density at radius 2 is 1.20 bits per heavy atom. The lowest BCUT2D eigenvalue weighted by Crippen LogP contribution is -2.34. The molecule has 1 fully saturated rings. The number of rotatable bonds is 0. The van der Waals surface area contributed by atoms with Crippen molar-refractivity contribution < 1.29 is 18.9 Å². The smallest absolute Gasteiger partial charge is 0.164 e. The summed E-state index contributed by atoms with van der Waals surface area (Å²) in [6.45, 7) is 8.94. The van der Waals surface area contributed by atoms with Gasteiger partial charge >= 0.3 is 0 Å². The first-order chi connectivity index (χ1) is 11.9. The molecule has 0 N–H and O–H groups in total. The molecule has 2 aliphatic rings. The molecule has 2 heterocycles. The Kier molecular flexibility index (Phi) is 3.97. The molecule has 1 saturated heterocycles. The van der Waals surface area contributed by atoms with E-state index in [-0.39, 0.29) is 12.2 Å². The van der Waals surface area contributed by atoms with Crippen molar-refractivity contribution in [3.63, 3.8) is 0 Å². The minimum atomic E-state index is -0.624.